The van der Waals surface area contributed by atoms with Gasteiger partial charge in [-0.3, -0.25) is 4.79 Å². The lowest BCUT2D eigenvalue weighted by Crippen LogP contribution is -2.43. The van der Waals surface area contributed by atoms with Crippen molar-refractivity contribution in [2.75, 3.05) is 6.61 Å². The SMILES string of the molecule is CCCC(NC(CC)CCO)C(=O)O. The molecule has 0 aromatic carbocycles. The highest BCUT2D eigenvalue weighted by atomic mass is 16.4. The van der Waals surface area contributed by atoms with Gasteiger partial charge in [-0.1, -0.05) is 20.3 Å². The van der Waals surface area contributed by atoms with Crippen molar-refractivity contribution in [2.45, 2.75) is 51.6 Å². The zero-order valence-corrected chi connectivity index (χ0v) is 8.99. The highest BCUT2D eigenvalue weighted by Gasteiger charge is 2.19. The number of carboxylic acid groups (broad SMARTS) is 1. The highest BCUT2D eigenvalue weighted by molar-refractivity contribution is 5.73. The maximum atomic E-state index is 10.8. The summed E-state index contributed by atoms with van der Waals surface area (Å²) in [6.07, 6.45) is 2.94. The molecule has 4 heteroatoms. The third-order valence-electron chi connectivity index (χ3n) is 2.28. The molecule has 0 aromatic heterocycles. The first-order chi connectivity index (χ1) is 6.65. The maximum Gasteiger partial charge on any atom is 0.320 e. The lowest BCUT2D eigenvalue weighted by Gasteiger charge is -2.21. The Morgan fingerprint density at radius 2 is 2.00 bits per heavy atom. The minimum atomic E-state index is -0.803. The molecule has 0 saturated heterocycles. The molecule has 0 aliphatic carbocycles. The van der Waals surface area contributed by atoms with E-state index < -0.39 is 12.0 Å². The molecule has 2 atom stereocenters. The average molecular weight is 203 g/mol. The van der Waals surface area contributed by atoms with Crippen molar-refractivity contribution in [1.82, 2.24) is 5.32 Å². The molecular weight excluding hydrogens is 182 g/mol. The van der Waals surface area contributed by atoms with Crippen molar-refractivity contribution in [2.24, 2.45) is 0 Å². The van der Waals surface area contributed by atoms with Crippen LogP contribution in [0, 0.1) is 0 Å². The van der Waals surface area contributed by atoms with E-state index in [0.717, 1.165) is 12.8 Å². The van der Waals surface area contributed by atoms with E-state index in [-0.39, 0.29) is 12.6 Å². The van der Waals surface area contributed by atoms with Crippen LogP contribution in [-0.2, 0) is 4.79 Å². The Morgan fingerprint density at radius 3 is 2.36 bits per heavy atom. The van der Waals surface area contributed by atoms with Crippen LogP contribution in [0.1, 0.15) is 39.5 Å². The Balaban J connectivity index is 4.03. The summed E-state index contributed by atoms with van der Waals surface area (Å²) in [6, 6.07) is -0.371. The molecule has 84 valence electrons. The number of rotatable bonds is 8. The summed E-state index contributed by atoms with van der Waals surface area (Å²) in [6.45, 7) is 4.05. The van der Waals surface area contributed by atoms with Gasteiger partial charge in [-0.15, -0.1) is 0 Å². The Hall–Kier alpha value is -0.610. The molecule has 3 N–H and O–H groups in total. The van der Waals surface area contributed by atoms with E-state index in [9.17, 15) is 4.79 Å². The van der Waals surface area contributed by atoms with Gasteiger partial charge in [0.1, 0.15) is 6.04 Å². The van der Waals surface area contributed by atoms with Crippen LogP contribution in [0.3, 0.4) is 0 Å². The first kappa shape index (κ1) is 13.4. The van der Waals surface area contributed by atoms with Crippen LogP contribution in [-0.4, -0.2) is 34.9 Å². The third kappa shape index (κ3) is 5.19. The average Bonchev–Trinajstić information content (AvgIpc) is 2.15. The molecule has 0 fully saturated rings. The van der Waals surface area contributed by atoms with Gasteiger partial charge in [-0.05, 0) is 19.3 Å². The van der Waals surface area contributed by atoms with Crippen molar-refractivity contribution >= 4 is 5.97 Å². The predicted octanol–water partition coefficient (Wildman–Crippen LogP) is 0.990. The molecule has 0 amide bonds. The monoisotopic (exact) mass is 203 g/mol. The summed E-state index contributed by atoms with van der Waals surface area (Å²) in [5.74, 6) is -0.803. The molecule has 0 spiro atoms. The summed E-state index contributed by atoms with van der Waals surface area (Å²) in [5, 5.41) is 20.7. The van der Waals surface area contributed by atoms with Crippen molar-refractivity contribution in [3.8, 4) is 0 Å². The minimum absolute atomic E-state index is 0.101. The van der Waals surface area contributed by atoms with Crippen molar-refractivity contribution in [1.29, 1.82) is 0 Å². The number of aliphatic carboxylic acids is 1. The van der Waals surface area contributed by atoms with Crippen molar-refractivity contribution in [3.05, 3.63) is 0 Å². The molecule has 0 radical (unpaired) electrons. The lowest BCUT2D eigenvalue weighted by molar-refractivity contribution is -0.140. The number of carbonyl (C=O) groups is 1. The number of aliphatic hydroxyl groups is 1. The fourth-order valence-corrected chi connectivity index (χ4v) is 1.41. The van der Waals surface area contributed by atoms with Gasteiger partial charge in [0.25, 0.3) is 0 Å². The third-order valence-corrected chi connectivity index (χ3v) is 2.28. The number of carboxylic acids is 1. The summed E-state index contributed by atoms with van der Waals surface area (Å²) < 4.78 is 0. The fourth-order valence-electron chi connectivity index (χ4n) is 1.41. The zero-order valence-electron chi connectivity index (χ0n) is 8.99. The number of nitrogens with one attached hydrogen (secondary N) is 1. The van der Waals surface area contributed by atoms with Crippen molar-refractivity contribution < 1.29 is 15.0 Å². The number of hydrogen-bond donors (Lipinski definition) is 3. The standard InChI is InChI=1S/C10H21NO3/c1-3-5-9(10(13)14)11-8(4-2)6-7-12/h8-9,11-12H,3-7H2,1-2H3,(H,13,14). The number of hydrogen-bond acceptors (Lipinski definition) is 3. The maximum absolute atomic E-state index is 10.8. The predicted molar refractivity (Wildman–Crippen MR) is 55.2 cm³/mol. The van der Waals surface area contributed by atoms with E-state index in [2.05, 4.69) is 5.32 Å². The van der Waals surface area contributed by atoms with E-state index in [1.54, 1.807) is 0 Å². The summed E-state index contributed by atoms with van der Waals surface area (Å²) in [5.41, 5.74) is 0. The van der Waals surface area contributed by atoms with Crippen LogP contribution in [0.4, 0.5) is 0 Å². The van der Waals surface area contributed by atoms with Crippen LogP contribution in [0.2, 0.25) is 0 Å². The molecule has 0 rings (SSSR count). The summed E-state index contributed by atoms with van der Waals surface area (Å²) >= 11 is 0. The number of aliphatic hydroxyl groups excluding tert-OH is 1. The first-order valence-corrected chi connectivity index (χ1v) is 5.25. The smallest absolute Gasteiger partial charge is 0.320 e. The molecule has 2 unspecified atom stereocenters. The second-order valence-electron chi connectivity index (χ2n) is 3.46. The summed E-state index contributed by atoms with van der Waals surface area (Å²) in [4.78, 5) is 10.8. The van der Waals surface area contributed by atoms with Crippen LogP contribution in [0.5, 0.6) is 0 Å². The zero-order chi connectivity index (χ0) is 11.0. The highest BCUT2D eigenvalue weighted by Crippen LogP contribution is 2.03. The van der Waals surface area contributed by atoms with E-state index >= 15 is 0 Å². The molecule has 0 aromatic rings. The molecular formula is C10H21NO3. The van der Waals surface area contributed by atoms with Gasteiger partial charge in [0.15, 0.2) is 0 Å². The van der Waals surface area contributed by atoms with E-state index in [1.807, 2.05) is 13.8 Å². The second kappa shape index (κ2) is 7.76. The fraction of sp³-hybridized carbons (Fsp3) is 0.900. The second-order valence-corrected chi connectivity index (χ2v) is 3.46. The van der Waals surface area contributed by atoms with Crippen LogP contribution >= 0.6 is 0 Å². The normalized spacial score (nSPS) is 15.1. The van der Waals surface area contributed by atoms with E-state index in [0.29, 0.717) is 12.8 Å². The van der Waals surface area contributed by atoms with Crippen LogP contribution in [0.25, 0.3) is 0 Å². The molecule has 0 aliphatic heterocycles. The van der Waals surface area contributed by atoms with Gasteiger partial charge in [-0.25, -0.2) is 0 Å². The molecule has 0 saturated carbocycles. The summed E-state index contributed by atoms with van der Waals surface area (Å²) in [7, 11) is 0. The topological polar surface area (TPSA) is 69.6 Å². The quantitative estimate of drug-likeness (QED) is 0.550. The Bertz CT molecular complexity index is 161. The van der Waals surface area contributed by atoms with Crippen LogP contribution < -0.4 is 5.32 Å². The largest absolute Gasteiger partial charge is 0.480 e. The van der Waals surface area contributed by atoms with Gasteiger partial charge in [0.05, 0.1) is 0 Å². The van der Waals surface area contributed by atoms with Gasteiger partial charge in [0, 0.05) is 12.6 Å². The van der Waals surface area contributed by atoms with E-state index in [1.165, 1.54) is 0 Å². The molecule has 0 heterocycles. The molecule has 4 nitrogen and oxygen atoms in total. The molecule has 0 aliphatic rings. The first-order valence-electron chi connectivity index (χ1n) is 5.25. The lowest BCUT2D eigenvalue weighted by atomic mass is 10.1. The molecule has 0 bridgehead atoms. The Labute approximate surface area is 85.3 Å². The van der Waals surface area contributed by atoms with Gasteiger partial charge >= 0.3 is 5.97 Å². The molecule has 14 heavy (non-hydrogen) atoms. The van der Waals surface area contributed by atoms with Crippen molar-refractivity contribution in [3.63, 3.8) is 0 Å². The minimum Gasteiger partial charge on any atom is -0.480 e. The van der Waals surface area contributed by atoms with E-state index in [4.69, 9.17) is 10.2 Å². The Kier molecular flexibility index (Phi) is 7.42. The van der Waals surface area contributed by atoms with Crippen LogP contribution in [0.15, 0.2) is 0 Å². The van der Waals surface area contributed by atoms with Gasteiger partial charge in [-0.2, -0.15) is 0 Å². The van der Waals surface area contributed by atoms with Gasteiger partial charge in [0.2, 0.25) is 0 Å². The Morgan fingerprint density at radius 1 is 1.36 bits per heavy atom. The van der Waals surface area contributed by atoms with Gasteiger partial charge < -0.3 is 15.5 Å².